The monoisotopic (exact) mass is 267 g/mol. The second-order valence-electron chi connectivity index (χ2n) is 3.74. The van der Waals surface area contributed by atoms with Crippen LogP contribution in [0, 0.1) is 0 Å². The van der Waals surface area contributed by atoms with Crippen LogP contribution in [-0.4, -0.2) is 38.7 Å². The van der Waals surface area contributed by atoms with Gasteiger partial charge in [0.05, 0.1) is 19.3 Å². The molecule has 1 amide bonds. The Labute approximate surface area is 110 Å². The van der Waals surface area contributed by atoms with E-state index in [1.165, 1.54) is 7.11 Å². The van der Waals surface area contributed by atoms with Gasteiger partial charge in [-0.15, -0.1) is 0 Å². The fourth-order valence-corrected chi connectivity index (χ4v) is 1.39. The highest BCUT2D eigenvalue weighted by molar-refractivity contribution is 5.96. The first-order valence-corrected chi connectivity index (χ1v) is 5.62. The summed E-state index contributed by atoms with van der Waals surface area (Å²) in [5, 5.41) is 3.02. The van der Waals surface area contributed by atoms with Gasteiger partial charge in [-0.1, -0.05) is 0 Å². The molecule has 1 aromatic rings. The van der Waals surface area contributed by atoms with Gasteiger partial charge in [0.1, 0.15) is 6.61 Å². The van der Waals surface area contributed by atoms with E-state index in [2.05, 4.69) is 10.1 Å². The number of carbonyl (C=O) groups is 2. The molecule has 0 spiro atoms. The predicted molar refractivity (Wildman–Crippen MR) is 70.7 cm³/mol. The van der Waals surface area contributed by atoms with Gasteiger partial charge in [0.15, 0.2) is 0 Å². The van der Waals surface area contributed by atoms with Gasteiger partial charge in [-0.2, -0.15) is 0 Å². The topological polar surface area (TPSA) is 117 Å². The maximum Gasteiger partial charge on any atom is 0.340 e. The van der Waals surface area contributed by atoms with Gasteiger partial charge in [0.25, 0.3) is 0 Å². The van der Waals surface area contributed by atoms with Gasteiger partial charge in [-0.3, -0.25) is 4.79 Å². The summed E-state index contributed by atoms with van der Waals surface area (Å²) in [6.45, 7) is 0.676. The number of esters is 1. The maximum absolute atomic E-state index is 11.4. The number of methoxy groups -OCH3 is 1. The molecule has 104 valence electrons. The van der Waals surface area contributed by atoms with Crippen LogP contribution in [0.25, 0.3) is 0 Å². The van der Waals surface area contributed by atoms with Crippen molar-refractivity contribution in [3.8, 4) is 0 Å². The van der Waals surface area contributed by atoms with Crippen molar-refractivity contribution < 1.29 is 19.1 Å². The number of rotatable bonds is 7. The van der Waals surface area contributed by atoms with E-state index in [0.29, 0.717) is 30.1 Å². The number of carbonyl (C=O) groups excluding carboxylic acids is 2. The molecule has 0 aromatic heterocycles. The SMILES string of the molecule is COC(=O)c1cc(NCCOCC(N)=O)ccc1N. The number of anilines is 2. The van der Waals surface area contributed by atoms with Crippen molar-refractivity contribution in [2.45, 2.75) is 0 Å². The molecule has 1 rings (SSSR count). The molecule has 1 aromatic carbocycles. The molecular formula is C12H17N3O4. The zero-order valence-electron chi connectivity index (χ0n) is 10.6. The molecule has 0 heterocycles. The zero-order valence-corrected chi connectivity index (χ0v) is 10.6. The number of primary amides is 1. The zero-order chi connectivity index (χ0) is 14.3. The number of nitrogens with two attached hydrogens (primary N) is 2. The first kappa shape index (κ1) is 14.8. The minimum atomic E-state index is -0.513. The van der Waals surface area contributed by atoms with Crippen LogP contribution in [0.4, 0.5) is 11.4 Å². The van der Waals surface area contributed by atoms with E-state index in [-0.39, 0.29) is 6.61 Å². The Hall–Kier alpha value is -2.28. The van der Waals surface area contributed by atoms with Crippen molar-refractivity contribution in [2.75, 3.05) is 37.9 Å². The van der Waals surface area contributed by atoms with Crippen molar-refractivity contribution in [1.29, 1.82) is 0 Å². The summed E-state index contributed by atoms with van der Waals surface area (Å²) in [4.78, 5) is 21.9. The van der Waals surface area contributed by atoms with E-state index in [1.807, 2.05) is 0 Å². The molecule has 19 heavy (non-hydrogen) atoms. The summed E-state index contributed by atoms with van der Waals surface area (Å²) in [7, 11) is 1.29. The fraction of sp³-hybridized carbons (Fsp3) is 0.333. The largest absolute Gasteiger partial charge is 0.465 e. The lowest BCUT2D eigenvalue weighted by Crippen LogP contribution is -2.20. The van der Waals surface area contributed by atoms with Gasteiger partial charge in [0, 0.05) is 17.9 Å². The Morgan fingerprint density at radius 2 is 2.11 bits per heavy atom. The summed E-state index contributed by atoms with van der Waals surface area (Å²) in [5.74, 6) is -1.01. The lowest BCUT2D eigenvalue weighted by Gasteiger charge is -2.09. The highest BCUT2D eigenvalue weighted by atomic mass is 16.5. The molecular weight excluding hydrogens is 250 g/mol. The smallest absolute Gasteiger partial charge is 0.340 e. The third kappa shape index (κ3) is 4.84. The van der Waals surface area contributed by atoms with Crippen LogP contribution < -0.4 is 16.8 Å². The van der Waals surface area contributed by atoms with Crippen LogP contribution in [0.1, 0.15) is 10.4 Å². The minimum absolute atomic E-state index is 0.114. The average Bonchev–Trinajstić information content (AvgIpc) is 2.39. The molecule has 0 radical (unpaired) electrons. The molecule has 7 nitrogen and oxygen atoms in total. The first-order chi connectivity index (χ1) is 9.04. The predicted octanol–water partition coefficient (Wildman–Crippen LogP) is -0.0308. The fourth-order valence-electron chi connectivity index (χ4n) is 1.39. The lowest BCUT2D eigenvalue weighted by atomic mass is 10.1. The van der Waals surface area contributed by atoms with Gasteiger partial charge >= 0.3 is 5.97 Å². The Morgan fingerprint density at radius 1 is 1.37 bits per heavy atom. The van der Waals surface area contributed by atoms with Gasteiger partial charge in [0.2, 0.25) is 5.91 Å². The highest BCUT2D eigenvalue weighted by Gasteiger charge is 2.10. The molecule has 0 bridgehead atoms. The molecule has 0 aliphatic heterocycles. The van der Waals surface area contributed by atoms with E-state index >= 15 is 0 Å². The van der Waals surface area contributed by atoms with Crippen molar-refractivity contribution in [2.24, 2.45) is 5.73 Å². The number of amides is 1. The van der Waals surface area contributed by atoms with Gasteiger partial charge in [-0.25, -0.2) is 4.79 Å². The van der Waals surface area contributed by atoms with E-state index in [1.54, 1.807) is 18.2 Å². The van der Waals surface area contributed by atoms with E-state index in [9.17, 15) is 9.59 Å². The van der Waals surface area contributed by atoms with Crippen LogP contribution in [0.2, 0.25) is 0 Å². The number of nitrogen functional groups attached to an aromatic ring is 1. The second-order valence-corrected chi connectivity index (χ2v) is 3.74. The molecule has 0 unspecified atom stereocenters. The number of hydrogen-bond donors (Lipinski definition) is 3. The van der Waals surface area contributed by atoms with Crippen LogP contribution >= 0.6 is 0 Å². The summed E-state index contributed by atoms with van der Waals surface area (Å²) < 4.78 is 9.60. The molecule has 0 aliphatic rings. The number of benzene rings is 1. The third-order valence-electron chi connectivity index (χ3n) is 2.28. The summed E-state index contributed by atoms with van der Waals surface area (Å²) in [5.41, 5.74) is 11.9. The average molecular weight is 267 g/mol. The first-order valence-electron chi connectivity index (χ1n) is 5.62. The quantitative estimate of drug-likeness (QED) is 0.363. The standard InChI is InChI=1S/C12H17N3O4/c1-18-12(17)9-6-8(2-3-10(9)13)15-4-5-19-7-11(14)16/h2-3,6,15H,4-5,7,13H2,1H3,(H2,14,16). The van der Waals surface area contributed by atoms with E-state index < -0.39 is 11.9 Å². The van der Waals surface area contributed by atoms with Crippen molar-refractivity contribution in [3.05, 3.63) is 23.8 Å². The Bertz CT molecular complexity index is 462. The number of nitrogens with one attached hydrogen (secondary N) is 1. The maximum atomic E-state index is 11.4. The normalized spacial score (nSPS) is 9.95. The van der Waals surface area contributed by atoms with Gasteiger partial charge in [-0.05, 0) is 18.2 Å². The Morgan fingerprint density at radius 3 is 2.74 bits per heavy atom. The molecule has 7 heteroatoms. The minimum Gasteiger partial charge on any atom is -0.465 e. The van der Waals surface area contributed by atoms with Crippen LogP contribution in [0.5, 0.6) is 0 Å². The van der Waals surface area contributed by atoms with Crippen molar-refractivity contribution in [1.82, 2.24) is 0 Å². The number of hydrogen-bond acceptors (Lipinski definition) is 6. The second kappa shape index (κ2) is 7.22. The van der Waals surface area contributed by atoms with Crippen LogP contribution in [-0.2, 0) is 14.3 Å². The van der Waals surface area contributed by atoms with Crippen LogP contribution in [0.3, 0.4) is 0 Å². The van der Waals surface area contributed by atoms with Crippen molar-refractivity contribution >= 4 is 23.3 Å². The van der Waals surface area contributed by atoms with Crippen LogP contribution in [0.15, 0.2) is 18.2 Å². The molecule has 5 N–H and O–H groups in total. The summed E-state index contributed by atoms with van der Waals surface area (Å²) in [6, 6.07) is 4.93. The van der Waals surface area contributed by atoms with Crippen molar-refractivity contribution in [3.63, 3.8) is 0 Å². The highest BCUT2D eigenvalue weighted by Crippen LogP contribution is 2.18. The number of ether oxygens (including phenoxy) is 2. The molecule has 0 atom stereocenters. The van der Waals surface area contributed by atoms with Gasteiger partial charge < -0.3 is 26.3 Å². The molecule has 0 saturated carbocycles. The Kier molecular flexibility index (Phi) is 5.62. The summed E-state index contributed by atoms with van der Waals surface area (Å²) in [6.07, 6.45) is 0. The Balaban J connectivity index is 2.50. The van der Waals surface area contributed by atoms with E-state index in [4.69, 9.17) is 16.2 Å². The molecule has 0 aliphatic carbocycles. The molecule has 0 fully saturated rings. The van der Waals surface area contributed by atoms with E-state index in [0.717, 1.165) is 0 Å². The summed E-state index contributed by atoms with van der Waals surface area (Å²) >= 11 is 0. The molecule has 0 saturated heterocycles. The third-order valence-corrected chi connectivity index (χ3v) is 2.28. The lowest BCUT2D eigenvalue weighted by molar-refractivity contribution is -0.122.